The first-order chi connectivity index (χ1) is 4.93. The third-order valence-corrected chi connectivity index (χ3v) is 3.18. The third-order valence-electron chi connectivity index (χ3n) is 3.18. The number of fused-ring (bicyclic) bond motifs is 3. The number of hydrogen-bond acceptors (Lipinski definition) is 2. The van der Waals surface area contributed by atoms with Gasteiger partial charge in [0.05, 0.1) is 6.26 Å². The molecule has 2 heterocycles. The summed E-state index contributed by atoms with van der Waals surface area (Å²) in [4.78, 5) is 0. The number of rotatable bonds is 0. The van der Waals surface area contributed by atoms with Crippen LogP contribution in [0.15, 0.2) is 12.3 Å². The van der Waals surface area contributed by atoms with Gasteiger partial charge in [-0.25, -0.2) is 0 Å². The van der Waals surface area contributed by atoms with Crippen molar-refractivity contribution in [2.24, 2.45) is 11.8 Å². The van der Waals surface area contributed by atoms with Crippen LogP contribution in [-0.4, -0.2) is 18.7 Å². The van der Waals surface area contributed by atoms with Crippen molar-refractivity contribution in [1.29, 1.82) is 0 Å². The van der Waals surface area contributed by atoms with Gasteiger partial charge in [-0.3, -0.25) is 0 Å². The van der Waals surface area contributed by atoms with E-state index in [4.69, 9.17) is 4.74 Å². The average molecular weight is 137 g/mol. The second kappa shape index (κ2) is 1.40. The molecule has 0 aromatic rings. The summed E-state index contributed by atoms with van der Waals surface area (Å²) in [5.74, 6) is 1.64. The van der Waals surface area contributed by atoms with E-state index in [1.165, 1.54) is 13.1 Å². The fraction of sp³-hybridized carbons (Fsp3) is 0.750. The molecule has 1 saturated heterocycles. The summed E-state index contributed by atoms with van der Waals surface area (Å²) in [5.41, 5.74) is 0.283. The Balaban J connectivity index is 1.86. The Kier molecular flexibility index (Phi) is 0.725. The smallest absolute Gasteiger partial charge is 0.121 e. The van der Waals surface area contributed by atoms with Crippen LogP contribution in [0.2, 0.25) is 0 Å². The molecule has 3 aliphatic rings. The maximum absolute atomic E-state index is 5.60. The van der Waals surface area contributed by atoms with Crippen LogP contribution in [-0.2, 0) is 4.74 Å². The molecule has 1 saturated carbocycles. The van der Waals surface area contributed by atoms with Gasteiger partial charge >= 0.3 is 0 Å². The number of nitrogens with one attached hydrogen (secondary N) is 1. The molecule has 0 amide bonds. The van der Waals surface area contributed by atoms with E-state index in [9.17, 15) is 0 Å². The Bertz CT molecular complexity index is 179. The van der Waals surface area contributed by atoms with Crippen LogP contribution in [0.5, 0.6) is 0 Å². The highest BCUT2D eigenvalue weighted by molar-refractivity contribution is 5.23. The van der Waals surface area contributed by atoms with Crippen LogP contribution in [0.1, 0.15) is 6.42 Å². The highest BCUT2D eigenvalue weighted by Gasteiger charge is 2.68. The minimum atomic E-state index is 0.283. The van der Waals surface area contributed by atoms with Crippen molar-refractivity contribution in [2.75, 3.05) is 13.1 Å². The predicted molar refractivity (Wildman–Crippen MR) is 37.4 cm³/mol. The zero-order chi connectivity index (χ0) is 6.60. The van der Waals surface area contributed by atoms with Crippen molar-refractivity contribution in [2.45, 2.75) is 12.0 Å². The summed E-state index contributed by atoms with van der Waals surface area (Å²) in [6.07, 6.45) is 5.18. The van der Waals surface area contributed by atoms with E-state index >= 15 is 0 Å². The standard InChI is InChI=1S/C8H11NO/c1-2-8(10-3-1)6-4-9-5-7(6)8/h1,3,6-7,9H,2,4-5H2. The van der Waals surface area contributed by atoms with Gasteiger partial charge in [-0.2, -0.15) is 0 Å². The number of ether oxygens (including phenoxy) is 1. The molecule has 0 aromatic carbocycles. The predicted octanol–water partition coefficient (Wildman–Crippen LogP) is 0.508. The molecule has 2 atom stereocenters. The molecule has 1 aliphatic carbocycles. The van der Waals surface area contributed by atoms with E-state index < -0.39 is 0 Å². The molecule has 2 aliphatic heterocycles. The van der Waals surface area contributed by atoms with Gasteiger partial charge in [0.15, 0.2) is 0 Å². The molecule has 10 heavy (non-hydrogen) atoms. The van der Waals surface area contributed by atoms with Gasteiger partial charge in [0.1, 0.15) is 5.60 Å². The Morgan fingerprint density at radius 1 is 1.40 bits per heavy atom. The molecule has 2 unspecified atom stereocenters. The maximum atomic E-state index is 5.60. The van der Waals surface area contributed by atoms with Crippen molar-refractivity contribution in [3.8, 4) is 0 Å². The second-order valence-corrected chi connectivity index (χ2v) is 3.52. The fourth-order valence-electron chi connectivity index (χ4n) is 2.53. The van der Waals surface area contributed by atoms with Gasteiger partial charge < -0.3 is 10.1 Å². The summed E-state index contributed by atoms with van der Waals surface area (Å²) in [6, 6.07) is 0. The molecule has 3 rings (SSSR count). The lowest BCUT2D eigenvalue weighted by molar-refractivity contribution is 0.110. The van der Waals surface area contributed by atoms with Crippen LogP contribution in [0.4, 0.5) is 0 Å². The van der Waals surface area contributed by atoms with Gasteiger partial charge in [-0.15, -0.1) is 0 Å². The van der Waals surface area contributed by atoms with Crippen LogP contribution in [0.3, 0.4) is 0 Å². The Labute approximate surface area is 60.3 Å². The average Bonchev–Trinajstić information content (AvgIpc) is 2.41. The monoisotopic (exact) mass is 137 g/mol. The first-order valence-corrected chi connectivity index (χ1v) is 3.97. The maximum Gasteiger partial charge on any atom is 0.121 e. The summed E-state index contributed by atoms with van der Waals surface area (Å²) in [5, 5.41) is 3.37. The summed E-state index contributed by atoms with van der Waals surface area (Å²) < 4.78 is 5.60. The van der Waals surface area contributed by atoms with Gasteiger partial charge in [0, 0.05) is 31.3 Å². The van der Waals surface area contributed by atoms with E-state index in [-0.39, 0.29) is 5.60 Å². The van der Waals surface area contributed by atoms with E-state index in [0.29, 0.717) is 0 Å². The van der Waals surface area contributed by atoms with E-state index in [1.54, 1.807) is 0 Å². The number of hydrogen-bond donors (Lipinski definition) is 1. The fourth-order valence-corrected chi connectivity index (χ4v) is 2.53. The lowest BCUT2D eigenvalue weighted by atomic mass is 10.1. The first kappa shape index (κ1) is 5.19. The molecule has 0 radical (unpaired) electrons. The Morgan fingerprint density at radius 3 is 2.80 bits per heavy atom. The Hall–Kier alpha value is -0.500. The molecular formula is C8H11NO. The zero-order valence-electron chi connectivity index (χ0n) is 5.84. The number of piperidine rings is 1. The van der Waals surface area contributed by atoms with Gasteiger partial charge in [-0.05, 0) is 6.08 Å². The SMILES string of the molecule is C1=COC2(C1)C1CNCC12. The van der Waals surface area contributed by atoms with Gasteiger partial charge in [0.25, 0.3) is 0 Å². The first-order valence-electron chi connectivity index (χ1n) is 3.97. The molecule has 0 aromatic heterocycles. The highest BCUT2D eigenvalue weighted by Crippen LogP contribution is 2.59. The third kappa shape index (κ3) is 0.390. The molecule has 0 bridgehead atoms. The lowest BCUT2D eigenvalue weighted by Gasteiger charge is -2.13. The summed E-state index contributed by atoms with van der Waals surface area (Å²) >= 11 is 0. The van der Waals surface area contributed by atoms with Gasteiger partial charge in [0.2, 0.25) is 0 Å². The van der Waals surface area contributed by atoms with Crippen molar-refractivity contribution < 1.29 is 4.74 Å². The molecule has 2 heteroatoms. The minimum absolute atomic E-state index is 0.283. The topological polar surface area (TPSA) is 21.3 Å². The minimum Gasteiger partial charge on any atom is -0.494 e. The van der Waals surface area contributed by atoms with Crippen molar-refractivity contribution >= 4 is 0 Å². The molecule has 1 N–H and O–H groups in total. The summed E-state index contributed by atoms with van der Waals surface area (Å²) in [6.45, 7) is 2.35. The van der Waals surface area contributed by atoms with Crippen LogP contribution in [0, 0.1) is 11.8 Å². The van der Waals surface area contributed by atoms with Gasteiger partial charge in [-0.1, -0.05) is 0 Å². The quantitative estimate of drug-likeness (QED) is 0.525. The van der Waals surface area contributed by atoms with E-state index in [2.05, 4.69) is 11.4 Å². The van der Waals surface area contributed by atoms with Crippen LogP contribution < -0.4 is 5.32 Å². The summed E-state index contributed by atoms with van der Waals surface area (Å²) in [7, 11) is 0. The Morgan fingerprint density at radius 2 is 2.20 bits per heavy atom. The molecule has 2 nitrogen and oxygen atoms in total. The molecule has 1 spiro atoms. The molecule has 2 fully saturated rings. The normalized spacial score (nSPS) is 55.2. The molecule has 54 valence electrons. The lowest BCUT2D eigenvalue weighted by Crippen LogP contribution is -2.25. The van der Waals surface area contributed by atoms with Crippen LogP contribution >= 0.6 is 0 Å². The van der Waals surface area contributed by atoms with Crippen molar-refractivity contribution in [1.82, 2.24) is 5.32 Å². The van der Waals surface area contributed by atoms with Crippen molar-refractivity contribution in [3.63, 3.8) is 0 Å². The van der Waals surface area contributed by atoms with E-state index in [0.717, 1.165) is 18.3 Å². The van der Waals surface area contributed by atoms with E-state index in [1.807, 2.05) is 6.26 Å². The van der Waals surface area contributed by atoms with Crippen molar-refractivity contribution in [3.05, 3.63) is 12.3 Å². The second-order valence-electron chi connectivity index (χ2n) is 3.52. The highest BCUT2D eigenvalue weighted by atomic mass is 16.5. The van der Waals surface area contributed by atoms with Crippen LogP contribution in [0.25, 0.3) is 0 Å². The largest absolute Gasteiger partial charge is 0.494 e. The zero-order valence-corrected chi connectivity index (χ0v) is 5.84. The molecular weight excluding hydrogens is 126 g/mol.